The number of hydrogen-bond donors (Lipinski definition) is 0. The van der Waals surface area contributed by atoms with Gasteiger partial charge in [-0.25, -0.2) is 0 Å². The summed E-state index contributed by atoms with van der Waals surface area (Å²) in [5.74, 6) is 1.19. The summed E-state index contributed by atoms with van der Waals surface area (Å²) in [6.07, 6.45) is 10.3. The fourth-order valence-electron chi connectivity index (χ4n) is 2.33. The van der Waals surface area contributed by atoms with Gasteiger partial charge < -0.3 is 0 Å². The van der Waals surface area contributed by atoms with E-state index in [2.05, 4.69) is 63.4 Å². The number of unbranched alkanes of at least 4 members (excludes halogenated alkanes) is 5. The average Bonchev–Trinajstić information content (AvgIpc) is 2.46. The first-order chi connectivity index (χ1) is 9.81. The fourth-order valence-corrected chi connectivity index (χ4v) is 3.94. The van der Waals surface area contributed by atoms with Gasteiger partial charge in [-0.1, -0.05) is 51.2 Å². The van der Waals surface area contributed by atoms with Crippen molar-refractivity contribution >= 4 is 38.8 Å². The van der Waals surface area contributed by atoms with Crippen LogP contribution in [0.3, 0.4) is 0 Å². The number of nitrogens with zero attached hydrogens (tertiary/aromatic N) is 1. The lowest BCUT2D eigenvalue weighted by molar-refractivity contribution is -0.464. The Labute approximate surface area is 135 Å². The van der Waals surface area contributed by atoms with E-state index in [-0.39, 0.29) is 0 Å². The van der Waals surface area contributed by atoms with Crippen LogP contribution in [-0.4, -0.2) is 5.75 Å². The van der Waals surface area contributed by atoms with Gasteiger partial charge in [0, 0.05) is 11.5 Å². The fraction of sp³-hybridized carbons (Fsp3) is 0.471. The van der Waals surface area contributed by atoms with E-state index in [0.29, 0.717) is 0 Å². The number of pyridine rings is 1. The number of para-hydroxylation sites is 1. The first kappa shape index (κ1) is 15.8. The van der Waals surface area contributed by atoms with Crippen LogP contribution in [0.1, 0.15) is 45.4 Å². The number of hydrogen-bond acceptors (Lipinski definition) is 1. The van der Waals surface area contributed by atoms with Crippen LogP contribution in [-0.2, 0) is 0 Å². The minimum absolute atomic E-state index is 1.15. The maximum Gasteiger partial charge on any atom is 0.226 e. The van der Waals surface area contributed by atoms with Crippen molar-refractivity contribution in [3.63, 3.8) is 0 Å². The molecule has 0 bridgehead atoms. The van der Waals surface area contributed by atoms with E-state index in [4.69, 9.17) is 0 Å². The minimum atomic E-state index is 1.15. The zero-order valence-corrected chi connectivity index (χ0v) is 14.5. The molecule has 0 spiro atoms. The van der Waals surface area contributed by atoms with Gasteiger partial charge in [0.15, 0.2) is 18.1 Å². The van der Waals surface area contributed by atoms with Crippen molar-refractivity contribution in [2.75, 3.05) is 5.75 Å². The maximum absolute atomic E-state index is 3.60. The Hall–Kier alpha value is -0.540. The summed E-state index contributed by atoms with van der Waals surface area (Å²) >= 11 is 5.51. The molecule has 1 nitrogen and oxygen atoms in total. The molecule has 0 aliphatic heterocycles. The summed E-state index contributed by atoms with van der Waals surface area (Å²) in [5.41, 5.74) is 1.30. The van der Waals surface area contributed by atoms with E-state index in [1.807, 2.05) is 11.9 Å². The minimum Gasteiger partial charge on any atom is -0.125 e. The molecule has 0 amide bonds. The first-order valence-electron chi connectivity index (χ1n) is 7.54. The molecular weight excluding hydrogens is 330 g/mol. The summed E-state index contributed by atoms with van der Waals surface area (Å²) in [7, 11) is 0. The molecule has 0 aliphatic carbocycles. The molecule has 20 heavy (non-hydrogen) atoms. The van der Waals surface area contributed by atoms with Crippen molar-refractivity contribution in [3.05, 3.63) is 41.0 Å². The second-order valence-electron chi connectivity index (χ2n) is 5.14. The van der Waals surface area contributed by atoms with Gasteiger partial charge in [-0.3, -0.25) is 0 Å². The van der Waals surface area contributed by atoms with Crippen LogP contribution < -0.4 is 3.97 Å². The molecule has 2 rings (SSSR count). The lowest BCUT2D eigenvalue weighted by atomic mass is 10.1. The molecule has 0 fully saturated rings. The van der Waals surface area contributed by atoms with Crippen molar-refractivity contribution in [2.45, 2.75) is 45.4 Å². The van der Waals surface area contributed by atoms with Crippen LogP contribution in [0.4, 0.5) is 0 Å². The molecule has 0 atom stereocenters. The van der Waals surface area contributed by atoms with Gasteiger partial charge >= 0.3 is 0 Å². The summed E-state index contributed by atoms with van der Waals surface area (Å²) in [5, 5.41) is 1.29. The lowest BCUT2D eigenvalue weighted by Crippen LogP contribution is -2.26. The number of aromatic nitrogens is 1. The van der Waals surface area contributed by atoms with Gasteiger partial charge in [0.1, 0.15) is 0 Å². The summed E-state index contributed by atoms with van der Waals surface area (Å²) < 4.78 is 3.44. The average molecular weight is 353 g/mol. The largest absolute Gasteiger partial charge is 0.226 e. The van der Waals surface area contributed by atoms with E-state index in [1.165, 1.54) is 55.2 Å². The van der Waals surface area contributed by atoms with Gasteiger partial charge in [0.05, 0.1) is 10.2 Å². The van der Waals surface area contributed by atoms with Crippen molar-refractivity contribution in [2.24, 2.45) is 0 Å². The summed E-state index contributed by atoms with van der Waals surface area (Å²) in [6.45, 7) is 2.27. The zero-order chi connectivity index (χ0) is 14.2. The predicted molar refractivity (Wildman–Crippen MR) is 93.1 cm³/mol. The number of halogens is 1. The molecule has 3 heteroatoms. The lowest BCUT2D eigenvalue weighted by Gasteiger charge is -2.01. The van der Waals surface area contributed by atoms with E-state index >= 15 is 0 Å². The predicted octanol–water partition coefficient (Wildman–Crippen LogP) is 5.75. The molecule has 1 aromatic carbocycles. The highest BCUT2D eigenvalue weighted by Crippen LogP contribution is 2.18. The molecule has 1 heterocycles. The molecular formula is C17H23BrNS+. The quantitative estimate of drug-likeness (QED) is 0.432. The highest BCUT2D eigenvalue weighted by molar-refractivity contribution is 9.10. The Kier molecular flexibility index (Phi) is 6.88. The van der Waals surface area contributed by atoms with Crippen LogP contribution in [0, 0.1) is 0 Å². The van der Waals surface area contributed by atoms with Gasteiger partial charge in [0.2, 0.25) is 5.52 Å². The smallest absolute Gasteiger partial charge is 0.125 e. The number of rotatable bonds is 8. The Morgan fingerprint density at radius 2 is 1.80 bits per heavy atom. The Balaban J connectivity index is 1.86. The van der Waals surface area contributed by atoms with Gasteiger partial charge in [0.25, 0.3) is 0 Å². The van der Waals surface area contributed by atoms with Crippen LogP contribution >= 0.6 is 27.9 Å². The van der Waals surface area contributed by atoms with Crippen molar-refractivity contribution < 1.29 is 3.97 Å². The normalized spacial score (nSPS) is 11.1. The summed E-state index contributed by atoms with van der Waals surface area (Å²) in [4.78, 5) is 0. The second-order valence-corrected chi connectivity index (χ2v) is 7.12. The highest BCUT2D eigenvalue weighted by atomic mass is 79.9. The molecule has 108 valence electrons. The molecule has 1 aromatic heterocycles. The monoisotopic (exact) mass is 352 g/mol. The van der Waals surface area contributed by atoms with Gasteiger partial charge in [-0.05, 0) is 34.5 Å². The number of benzene rings is 1. The van der Waals surface area contributed by atoms with E-state index in [0.717, 1.165) is 4.47 Å². The third-order valence-corrected chi connectivity index (χ3v) is 4.92. The maximum atomic E-state index is 3.60. The standard InChI is InChI=1S/C17H23BrNS/c1-2-3-4-5-6-9-12-20-19-14-16(18)13-15-10-7-8-11-17(15)19/h7-8,10-11,13-14H,2-6,9,12H2,1H3/q+1. The molecule has 0 unspecified atom stereocenters. The Bertz CT molecular complexity index is 542. The highest BCUT2D eigenvalue weighted by Gasteiger charge is 2.11. The second kappa shape index (κ2) is 8.68. The van der Waals surface area contributed by atoms with Crippen LogP contribution in [0.25, 0.3) is 10.9 Å². The third-order valence-electron chi connectivity index (χ3n) is 3.44. The van der Waals surface area contributed by atoms with Gasteiger partial charge in [-0.15, -0.1) is 3.97 Å². The van der Waals surface area contributed by atoms with E-state index in [9.17, 15) is 0 Å². The Morgan fingerprint density at radius 3 is 2.65 bits per heavy atom. The molecule has 0 radical (unpaired) electrons. The molecule has 0 saturated carbocycles. The Morgan fingerprint density at radius 1 is 1.05 bits per heavy atom. The van der Waals surface area contributed by atoms with Crippen LogP contribution in [0.15, 0.2) is 41.0 Å². The first-order valence-corrected chi connectivity index (χ1v) is 9.28. The van der Waals surface area contributed by atoms with Crippen molar-refractivity contribution in [1.82, 2.24) is 0 Å². The molecule has 0 saturated heterocycles. The zero-order valence-electron chi connectivity index (χ0n) is 12.1. The van der Waals surface area contributed by atoms with E-state index in [1.54, 1.807) is 0 Å². The van der Waals surface area contributed by atoms with Crippen LogP contribution in [0.2, 0.25) is 0 Å². The molecule has 2 aromatic rings. The van der Waals surface area contributed by atoms with E-state index < -0.39 is 0 Å². The SMILES string of the molecule is CCCCCCCCS[n+]1cc(Br)cc2ccccc21. The summed E-state index contributed by atoms with van der Waals surface area (Å²) in [6, 6.07) is 10.7. The number of fused-ring (bicyclic) bond motifs is 1. The van der Waals surface area contributed by atoms with Gasteiger partial charge in [-0.2, -0.15) is 0 Å². The molecule has 0 aliphatic rings. The molecule has 0 N–H and O–H groups in total. The topological polar surface area (TPSA) is 3.88 Å². The van der Waals surface area contributed by atoms with Crippen molar-refractivity contribution in [3.8, 4) is 0 Å². The van der Waals surface area contributed by atoms with Crippen molar-refractivity contribution in [1.29, 1.82) is 0 Å². The third kappa shape index (κ3) is 4.78. The van der Waals surface area contributed by atoms with Crippen LogP contribution in [0.5, 0.6) is 0 Å².